The van der Waals surface area contributed by atoms with E-state index in [9.17, 15) is 17.6 Å². The highest BCUT2D eigenvalue weighted by molar-refractivity contribution is 7.92. The maximum atomic E-state index is 13.5. The molecule has 0 aliphatic carbocycles. The Kier molecular flexibility index (Phi) is 5.46. The molecule has 0 saturated heterocycles. The van der Waals surface area contributed by atoms with Crippen LogP contribution in [-0.4, -0.2) is 26.6 Å². The Morgan fingerprint density at radius 2 is 2.10 bits per heavy atom. The molecular formula is C12H18FN3O3S. The fourth-order valence-electron chi connectivity index (χ4n) is 1.56. The van der Waals surface area contributed by atoms with Crippen LogP contribution in [0.25, 0.3) is 0 Å². The molecule has 0 saturated carbocycles. The van der Waals surface area contributed by atoms with Crippen molar-refractivity contribution in [2.24, 2.45) is 5.73 Å². The van der Waals surface area contributed by atoms with Crippen LogP contribution in [0.15, 0.2) is 18.2 Å². The first kappa shape index (κ1) is 16.4. The first-order chi connectivity index (χ1) is 9.23. The van der Waals surface area contributed by atoms with Crippen LogP contribution in [0.4, 0.5) is 15.8 Å². The van der Waals surface area contributed by atoms with Crippen molar-refractivity contribution in [2.45, 2.75) is 25.8 Å². The molecule has 0 aromatic heterocycles. The zero-order chi connectivity index (χ0) is 15.3. The minimum Gasteiger partial charge on any atom is -0.325 e. The smallest absolute Gasteiger partial charge is 0.241 e. The predicted octanol–water partition coefficient (Wildman–Crippen LogP) is 1.26. The van der Waals surface area contributed by atoms with Gasteiger partial charge in [0, 0.05) is 5.69 Å². The minimum atomic E-state index is -3.60. The van der Waals surface area contributed by atoms with Crippen LogP contribution in [0, 0.1) is 5.82 Å². The number of amides is 1. The van der Waals surface area contributed by atoms with Gasteiger partial charge in [0.15, 0.2) is 0 Å². The molecular weight excluding hydrogens is 285 g/mol. The van der Waals surface area contributed by atoms with Gasteiger partial charge in [-0.25, -0.2) is 12.8 Å². The molecule has 0 heterocycles. The Morgan fingerprint density at radius 1 is 1.45 bits per heavy atom. The molecule has 0 bridgehead atoms. The fourth-order valence-corrected chi connectivity index (χ4v) is 2.11. The van der Waals surface area contributed by atoms with Crippen molar-refractivity contribution in [3.8, 4) is 0 Å². The average Bonchev–Trinajstić information content (AvgIpc) is 2.32. The number of nitrogens with two attached hydrogens (primary N) is 1. The van der Waals surface area contributed by atoms with E-state index in [2.05, 4.69) is 5.32 Å². The summed E-state index contributed by atoms with van der Waals surface area (Å²) in [6.45, 7) is 1.90. The molecule has 0 spiro atoms. The molecule has 1 amide bonds. The quantitative estimate of drug-likeness (QED) is 0.736. The Hall–Kier alpha value is -1.67. The van der Waals surface area contributed by atoms with Crippen molar-refractivity contribution in [3.63, 3.8) is 0 Å². The number of carbonyl (C=O) groups is 1. The van der Waals surface area contributed by atoms with E-state index in [-0.39, 0.29) is 11.4 Å². The van der Waals surface area contributed by atoms with Crippen molar-refractivity contribution in [3.05, 3.63) is 24.0 Å². The first-order valence-electron chi connectivity index (χ1n) is 6.06. The van der Waals surface area contributed by atoms with Crippen molar-refractivity contribution < 1.29 is 17.6 Å². The summed E-state index contributed by atoms with van der Waals surface area (Å²) < 4.78 is 37.7. The van der Waals surface area contributed by atoms with Gasteiger partial charge in [-0.2, -0.15) is 0 Å². The zero-order valence-electron chi connectivity index (χ0n) is 11.3. The third kappa shape index (κ3) is 5.14. The van der Waals surface area contributed by atoms with Crippen molar-refractivity contribution in [1.82, 2.24) is 0 Å². The van der Waals surface area contributed by atoms with Crippen LogP contribution in [0.2, 0.25) is 0 Å². The predicted molar refractivity (Wildman–Crippen MR) is 76.4 cm³/mol. The molecule has 4 N–H and O–H groups in total. The van der Waals surface area contributed by atoms with Gasteiger partial charge >= 0.3 is 0 Å². The number of hydrogen-bond donors (Lipinski definition) is 3. The molecule has 0 aliphatic rings. The summed E-state index contributed by atoms with van der Waals surface area (Å²) >= 11 is 0. The molecule has 0 radical (unpaired) electrons. The molecule has 1 atom stereocenters. The Morgan fingerprint density at radius 3 is 2.65 bits per heavy atom. The Balaban J connectivity index is 2.87. The Labute approximate surface area is 117 Å². The monoisotopic (exact) mass is 303 g/mol. The molecule has 8 heteroatoms. The number of carbonyl (C=O) groups excluding carboxylic acids is 1. The van der Waals surface area contributed by atoms with Crippen LogP contribution < -0.4 is 15.8 Å². The normalized spacial score (nSPS) is 12.8. The van der Waals surface area contributed by atoms with Gasteiger partial charge in [-0.1, -0.05) is 13.3 Å². The molecule has 1 aromatic rings. The lowest BCUT2D eigenvalue weighted by Crippen LogP contribution is -2.35. The standard InChI is InChI=1S/C12H18FN3O3S/c1-3-4-10(14)12(17)15-8-5-6-9(13)11(7-8)16-20(2,18)19/h5-7,10,16H,3-4,14H2,1-2H3,(H,15,17). The van der Waals surface area contributed by atoms with Crippen LogP contribution >= 0.6 is 0 Å². The van der Waals surface area contributed by atoms with E-state index in [1.807, 2.05) is 11.6 Å². The number of hydrogen-bond acceptors (Lipinski definition) is 4. The molecule has 112 valence electrons. The second-order valence-corrected chi connectivity index (χ2v) is 6.20. The topological polar surface area (TPSA) is 101 Å². The van der Waals surface area contributed by atoms with Crippen LogP contribution in [0.1, 0.15) is 19.8 Å². The number of nitrogens with one attached hydrogen (secondary N) is 2. The summed E-state index contributed by atoms with van der Waals surface area (Å²) in [4.78, 5) is 11.7. The lowest BCUT2D eigenvalue weighted by Gasteiger charge is -2.12. The van der Waals surface area contributed by atoms with E-state index in [1.165, 1.54) is 12.1 Å². The van der Waals surface area contributed by atoms with E-state index in [4.69, 9.17) is 5.73 Å². The van der Waals surface area contributed by atoms with Gasteiger partial charge in [0.2, 0.25) is 15.9 Å². The largest absolute Gasteiger partial charge is 0.325 e. The van der Waals surface area contributed by atoms with Crippen molar-refractivity contribution in [2.75, 3.05) is 16.3 Å². The molecule has 0 aliphatic heterocycles. The van der Waals surface area contributed by atoms with E-state index < -0.39 is 27.8 Å². The van der Waals surface area contributed by atoms with Gasteiger partial charge in [0.05, 0.1) is 18.0 Å². The van der Waals surface area contributed by atoms with Crippen LogP contribution in [0.3, 0.4) is 0 Å². The third-order valence-corrected chi connectivity index (χ3v) is 3.06. The fraction of sp³-hybridized carbons (Fsp3) is 0.417. The second kappa shape index (κ2) is 6.67. The zero-order valence-corrected chi connectivity index (χ0v) is 12.1. The maximum Gasteiger partial charge on any atom is 0.241 e. The number of halogens is 1. The Bertz CT molecular complexity index is 590. The highest BCUT2D eigenvalue weighted by Crippen LogP contribution is 2.20. The van der Waals surface area contributed by atoms with Crippen molar-refractivity contribution in [1.29, 1.82) is 0 Å². The second-order valence-electron chi connectivity index (χ2n) is 4.45. The van der Waals surface area contributed by atoms with E-state index in [0.29, 0.717) is 6.42 Å². The summed E-state index contributed by atoms with van der Waals surface area (Å²) in [7, 11) is -3.60. The van der Waals surface area contributed by atoms with Gasteiger partial charge in [0.1, 0.15) is 5.82 Å². The summed E-state index contributed by atoms with van der Waals surface area (Å²) in [6.07, 6.45) is 2.20. The van der Waals surface area contributed by atoms with Gasteiger partial charge in [-0.3, -0.25) is 9.52 Å². The lowest BCUT2D eigenvalue weighted by molar-refractivity contribution is -0.117. The van der Waals surface area contributed by atoms with Gasteiger partial charge in [-0.05, 0) is 24.6 Å². The molecule has 20 heavy (non-hydrogen) atoms. The summed E-state index contributed by atoms with van der Waals surface area (Å²) in [6, 6.07) is 2.94. The number of benzene rings is 1. The minimum absolute atomic E-state index is 0.227. The summed E-state index contributed by atoms with van der Waals surface area (Å²) in [5, 5.41) is 2.51. The van der Waals surface area contributed by atoms with E-state index in [1.54, 1.807) is 0 Å². The van der Waals surface area contributed by atoms with Gasteiger partial charge in [0.25, 0.3) is 0 Å². The van der Waals surface area contributed by atoms with E-state index in [0.717, 1.165) is 18.7 Å². The number of rotatable bonds is 6. The third-order valence-electron chi connectivity index (χ3n) is 2.47. The molecule has 1 aromatic carbocycles. The van der Waals surface area contributed by atoms with Gasteiger partial charge in [-0.15, -0.1) is 0 Å². The molecule has 1 unspecified atom stereocenters. The first-order valence-corrected chi connectivity index (χ1v) is 7.96. The molecule has 0 fully saturated rings. The SMILES string of the molecule is CCCC(N)C(=O)Nc1ccc(F)c(NS(C)(=O)=O)c1. The van der Waals surface area contributed by atoms with Crippen molar-refractivity contribution >= 4 is 27.3 Å². The number of anilines is 2. The van der Waals surface area contributed by atoms with Crippen LogP contribution in [-0.2, 0) is 14.8 Å². The van der Waals surface area contributed by atoms with Crippen LogP contribution in [0.5, 0.6) is 0 Å². The van der Waals surface area contributed by atoms with Gasteiger partial charge < -0.3 is 11.1 Å². The highest BCUT2D eigenvalue weighted by atomic mass is 32.2. The maximum absolute atomic E-state index is 13.5. The number of sulfonamides is 1. The average molecular weight is 303 g/mol. The molecule has 6 nitrogen and oxygen atoms in total. The highest BCUT2D eigenvalue weighted by Gasteiger charge is 2.14. The summed E-state index contributed by atoms with van der Waals surface area (Å²) in [5.74, 6) is -1.13. The summed E-state index contributed by atoms with van der Waals surface area (Å²) in [5.41, 5.74) is 5.69. The lowest BCUT2D eigenvalue weighted by atomic mass is 10.1. The van der Waals surface area contributed by atoms with E-state index >= 15 is 0 Å². The molecule has 1 rings (SSSR count).